The first-order valence-electron chi connectivity index (χ1n) is 5.97. The van der Waals surface area contributed by atoms with Gasteiger partial charge in [0.15, 0.2) is 5.69 Å². The Morgan fingerprint density at radius 3 is 2.84 bits per heavy atom. The van der Waals surface area contributed by atoms with E-state index in [-0.39, 0.29) is 11.6 Å². The molecule has 0 atom stereocenters. The summed E-state index contributed by atoms with van der Waals surface area (Å²) < 4.78 is 5.44. The number of benzene rings is 1. The topological polar surface area (TPSA) is 93.0 Å². The summed E-state index contributed by atoms with van der Waals surface area (Å²) in [5.74, 6) is 0.248. The monoisotopic (exact) mass is 260 g/mol. The van der Waals surface area contributed by atoms with Crippen molar-refractivity contribution in [3.05, 3.63) is 35.7 Å². The number of aromatic amines is 1. The molecule has 0 unspecified atom stereocenters. The van der Waals surface area contributed by atoms with E-state index in [9.17, 15) is 4.79 Å². The van der Waals surface area contributed by atoms with Crippen molar-refractivity contribution in [2.45, 2.75) is 13.8 Å². The number of H-pyrrole nitrogens is 1. The van der Waals surface area contributed by atoms with Gasteiger partial charge >= 0.3 is 0 Å². The third-order valence-electron chi connectivity index (χ3n) is 2.64. The van der Waals surface area contributed by atoms with Crippen LogP contribution in [0.1, 0.15) is 23.1 Å². The van der Waals surface area contributed by atoms with Crippen molar-refractivity contribution in [3.8, 4) is 5.75 Å². The summed E-state index contributed by atoms with van der Waals surface area (Å²) in [5.41, 5.74) is 7.57. The zero-order valence-electron chi connectivity index (χ0n) is 10.9. The fraction of sp³-hybridized carbons (Fsp3) is 0.231. The zero-order valence-corrected chi connectivity index (χ0v) is 10.9. The fourth-order valence-corrected chi connectivity index (χ4v) is 1.64. The van der Waals surface area contributed by atoms with Crippen LogP contribution in [0.25, 0.3) is 0 Å². The van der Waals surface area contributed by atoms with E-state index in [1.165, 1.54) is 0 Å². The molecule has 1 amide bonds. The number of carbonyl (C=O) groups excluding carboxylic acids is 1. The van der Waals surface area contributed by atoms with Crippen LogP contribution in [0.15, 0.2) is 24.3 Å². The quantitative estimate of drug-likeness (QED) is 0.783. The van der Waals surface area contributed by atoms with Crippen LogP contribution >= 0.6 is 0 Å². The van der Waals surface area contributed by atoms with Crippen LogP contribution in [0.2, 0.25) is 0 Å². The van der Waals surface area contributed by atoms with Crippen LogP contribution in [0, 0.1) is 6.92 Å². The number of nitrogen functional groups attached to an aromatic ring is 1. The Kier molecular flexibility index (Phi) is 3.70. The van der Waals surface area contributed by atoms with Crippen molar-refractivity contribution < 1.29 is 9.53 Å². The minimum atomic E-state index is -0.367. The van der Waals surface area contributed by atoms with Gasteiger partial charge in [0.2, 0.25) is 0 Å². The second-order valence-corrected chi connectivity index (χ2v) is 3.99. The molecule has 0 saturated carbocycles. The fourth-order valence-electron chi connectivity index (χ4n) is 1.64. The van der Waals surface area contributed by atoms with Crippen LogP contribution in [0.5, 0.6) is 5.75 Å². The highest BCUT2D eigenvalue weighted by molar-refractivity contribution is 6.07. The maximum atomic E-state index is 12.1. The number of nitrogens with zero attached hydrogens (tertiary/aromatic N) is 1. The molecule has 0 bridgehead atoms. The highest BCUT2D eigenvalue weighted by Gasteiger charge is 2.16. The van der Waals surface area contributed by atoms with Gasteiger partial charge in [-0.25, -0.2) is 0 Å². The van der Waals surface area contributed by atoms with Crippen LogP contribution in [-0.4, -0.2) is 22.7 Å². The van der Waals surface area contributed by atoms with E-state index < -0.39 is 0 Å². The predicted octanol–water partition coefficient (Wildman–Crippen LogP) is 1.95. The minimum Gasteiger partial charge on any atom is -0.492 e. The van der Waals surface area contributed by atoms with E-state index in [4.69, 9.17) is 10.5 Å². The number of aromatic nitrogens is 2. The summed E-state index contributed by atoms with van der Waals surface area (Å²) in [6, 6.07) is 7.21. The molecular formula is C13H16N4O2. The van der Waals surface area contributed by atoms with Crippen molar-refractivity contribution in [1.29, 1.82) is 0 Å². The Bertz CT molecular complexity index is 592. The number of hydrogen-bond donors (Lipinski definition) is 3. The molecule has 2 aromatic rings. The molecule has 0 spiro atoms. The first kappa shape index (κ1) is 12.9. The molecular weight excluding hydrogens is 244 g/mol. The van der Waals surface area contributed by atoms with E-state index in [1.807, 2.05) is 19.1 Å². The molecule has 6 nitrogen and oxygen atoms in total. The van der Waals surface area contributed by atoms with Crippen LogP contribution in [-0.2, 0) is 0 Å². The number of carbonyl (C=O) groups is 1. The summed E-state index contributed by atoms with van der Waals surface area (Å²) >= 11 is 0. The van der Waals surface area contributed by atoms with Gasteiger partial charge in [0, 0.05) is 0 Å². The van der Waals surface area contributed by atoms with Crippen molar-refractivity contribution in [3.63, 3.8) is 0 Å². The van der Waals surface area contributed by atoms with E-state index in [1.54, 1.807) is 19.1 Å². The Balaban J connectivity index is 2.22. The molecule has 0 saturated heterocycles. The number of aryl methyl sites for hydroxylation is 1. The van der Waals surface area contributed by atoms with Crippen LogP contribution in [0.3, 0.4) is 0 Å². The Morgan fingerprint density at radius 2 is 2.21 bits per heavy atom. The van der Waals surface area contributed by atoms with Gasteiger partial charge in [-0.05, 0) is 26.0 Å². The summed E-state index contributed by atoms with van der Waals surface area (Å²) in [7, 11) is 0. The second kappa shape index (κ2) is 5.43. The van der Waals surface area contributed by atoms with Gasteiger partial charge in [0.1, 0.15) is 5.75 Å². The van der Waals surface area contributed by atoms with Crippen LogP contribution < -0.4 is 15.8 Å². The molecule has 6 heteroatoms. The largest absolute Gasteiger partial charge is 0.492 e. The molecule has 0 fully saturated rings. The minimum absolute atomic E-state index is 0.184. The first-order chi connectivity index (χ1) is 9.13. The molecule has 100 valence electrons. The maximum Gasteiger partial charge on any atom is 0.278 e. The van der Waals surface area contributed by atoms with Gasteiger partial charge in [-0.2, -0.15) is 5.10 Å². The number of anilines is 2. The number of hydrogen-bond acceptors (Lipinski definition) is 4. The number of amides is 1. The Morgan fingerprint density at radius 1 is 1.47 bits per heavy atom. The SMILES string of the molecule is CCOc1ccccc1NC(=O)c1n[nH]c(C)c1N. The normalized spacial score (nSPS) is 10.2. The lowest BCUT2D eigenvalue weighted by atomic mass is 10.2. The van der Waals surface area contributed by atoms with Crippen LogP contribution in [0.4, 0.5) is 11.4 Å². The molecule has 1 heterocycles. The van der Waals surface area contributed by atoms with Gasteiger partial charge in [-0.3, -0.25) is 9.89 Å². The number of para-hydroxylation sites is 2. The van der Waals surface area contributed by atoms with E-state index in [2.05, 4.69) is 15.5 Å². The molecule has 19 heavy (non-hydrogen) atoms. The average Bonchev–Trinajstić information content (AvgIpc) is 2.73. The van der Waals surface area contributed by atoms with Crippen molar-refractivity contribution in [1.82, 2.24) is 10.2 Å². The second-order valence-electron chi connectivity index (χ2n) is 3.99. The summed E-state index contributed by atoms with van der Waals surface area (Å²) in [6.45, 7) is 4.16. The highest BCUT2D eigenvalue weighted by atomic mass is 16.5. The number of nitrogens with one attached hydrogen (secondary N) is 2. The van der Waals surface area contributed by atoms with Crippen molar-refractivity contribution in [2.75, 3.05) is 17.7 Å². The first-order valence-corrected chi connectivity index (χ1v) is 5.97. The van der Waals surface area contributed by atoms with Crippen molar-refractivity contribution in [2.24, 2.45) is 0 Å². The smallest absolute Gasteiger partial charge is 0.278 e. The third-order valence-corrected chi connectivity index (χ3v) is 2.64. The maximum absolute atomic E-state index is 12.1. The summed E-state index contributed by atoms with van der Waals surface area (Å²) in [6.07, 6.45) is 0. The number of rotatable bonds is 4. The van der Waals surface area contributed by atoms with Gasteiger partial charge in [-0.15, -0.1) is 0 Å². The molecule has 0 aliphatic heterocycles. The van der Waals surface area contributed by atoms with E-state index in [0.29, 0.717) is 29.4 Å². The van der Waals surface area contributed by atoms with Crippen molar-refractivity contribution >= 4 is 17.3 Å². The zero-order chi connectivity index (χ0) is 13.8. The summed E-state index contributed by atoms with van der Waals surface area (Å²) in [5, 5.41) is 9.30. The van der Waals surface area contributed by atoms with E-state index >= 15 is 0 Å². The molecule has 2 rings (SSSR count). The standard InChI is InChI=1S/C13H16N4O2/c1-3-19-10-7-5-4-6-9(10)15-13(18)12-11(14)8(2)16-17-12/h4-7H,3,14H2,1-2H3,(H,15,18)(H,16,17). The highest BCUT2D eigenvalue weighted by Crippen LogP contribution is 2.25. The molecule has 0 aliphatic carbocycles. The molecule has 4 N–H and O–H groups in total. The summed E-state index contributed by atoms with van der Waals surface area (Å²) in [4.78, 5) is 12.1. The van der Waals surface area contributed by atoms with Gasteiger partial charge in [0.25, 0.3) is 5.91 Å². The molecule has 0 radical (unpaired) electrons. The average molecular weight is 260 g/mol. The number of nitrogens with two attached hydrogens (primary N) is 1. The van der Waals surface area contributed by atoms with Gasteiger partial charge < -0.3 is 15.8 Å². The Labute approximate surface area is 111 Å². The lowest BCUT2D eigenvalue weighted by Crippen LogP contribution is -2.15. The van der Waals surface area contributed by atoms with Gasteiger partial charge in [0.05, 0.1) is 23.7 Å². The Hall–Kier alpha value is -2.50. The lowest BCUT2D eigenvalue weighted by Gasteiger charge is -2.10. The van der Waals surface area contributed by atoms with E-state index in [0.717, 1.165) is 0 Å². The lowest BCUT2D eigenvalue weighted by molar-refractivity contribution is 0.102. The molecule has 0 aliphatic rings. The molecule has 1 aromatic heterocycles. The predicted molar refractivity (Wildman–Crippen MR) is 73.3 cm³/mol. The third kappa shape index (κ3) is 2.67. The number of ether oxygens (including phenoxy) is 1. The van der Waals surface area contributed by atoms with Gasteiger partial charge in [-0.1, -0.05) is 12.1 Å². The molecule has 1 aromatic carbocycles.